The van der Waals surface area contributed by atoms with Crippen molar-refractivity contribution in [1.82, 2.24) is 0 Å². The Kier molecular flexibility index (Phi) is 4.58. The summed E-state index contributed by atoms with van der Waals surface area (Å²) in [5, 5.41) is 42.1. The van der Waals surface area contributed by atoms with Crippen LogP contribution in [0.15, 0.2) is 18.2 Å². The van der Waals surface area contributed by atoms with Crippen molar-refractivity contribution in [2.75, 3.05) is 19.0 Å². The van der Waals surface area contributed by atoms with Crippen LogP contribution in [0.1, 0.15) is 0 Å². The highest BCUT2D eigenvalue weighted by Crippen LogP contribution is 2.31. The second-order valence-electron chi connectivity index (χ2n) is 4.54. The van der Waals surface area contributed by atoms with Gasteiger partial charge in [0.2, 0.25) is 0 Å². The lowest BCUT2D eigenvalue weighted by Crippen LogP contribution is -2.36. The number of benzene rings is 1. The molecule has 1 fully saturated rings. The van der Waals surface area contributed by atoms with Gasteiger partial charge in [-0.2, -0.15) is 0 Å². The average molecular weight is 300 g/mol. The maximum Gasteiger partial charge on any atom is 0.296 e. The molecule has 0 spiro atoms. The zero-order chi connectivity index (χ0) is 15.6. The molecule has 9 nitrogen and oxygen atoms in total. The topological polar surface area (TPSA) is 134 Å². The molecular formula is C12H16N2O7. The molecule has 0 radical (unpaired) electrons. The summed E-state index contributed by atoms with van der Waals surface area (Å²) in [5.41, 5.74) is -0.150. The first-order valence-electron chi connectivity index (χ1n) is 6.19. The molecule has 0 aromatic heterocycles. The van der Waals surface area contributed by atoms with Crippen LogP contribution in [0, 0.1) is 10.1 Å². The lowest BCUT2D eigenvalue weighted by Gasteiger charge is -2.17. The molecule has 0 saturated carbocycles. The molecule has 1 aromatic carbocycles. The summed E-state index contributed by atoms with van der Waals surface area (Å²) in [6, 6.07) is 4.14. The lowest BCUT2D eigenvalue weighted by molar-refractivity contribution is -0.384. The van der Waals surface area contributed by atoms with Crippen LogP contribution in [0.5, 0.6) is 5.75 Å². The molecule has 4 atom stereocenters. The smallest absolute Gasteiger partial charge is 0.296 e. The minimum Gasteiger partial charge on any atom is -0.496 e. The Bertz CT molecular complexity index is 524. The van der Waals surface area contributed by atoms with Crippen LogP contribution in [-0.4, -0.2) is 58.5 Å². The molecule has 1 aromatic rings. The van der Waals surface area contributed by atoms with E-state index in [4.69, 9.17) is 14.6 Å². The number of methoxy groups -OCH3 is 1. The van der Waals surface area contributed by atoms with Crippen molar-refractivity contribution in [3.05, 3.63) is 28.3 Å². The van der Waals surface area contributed by atoms with Gasteiger partial charge in [0.05, 0.1) is 24.7 Å². The Morgan fingerprint density at radius 3 is 2.67 bits per heavy atom. The zero-order valence-corrected chi connectivity index (χ0v) is 11.2. The predicted octanol–water partition coefficient (Wildman–Crippen LogP) is -0.546. The number of ether oxygens (including phenoxy) is 2. The van der Waals surface area contributed by atoms with Gasteiger partial charge in [0.25, 0.3) is 5.69 Å². The van der Waals surface area contributed by atoms with Crippen molar-refractivity contribution in [2.24, 2.45) is 0 Å². The predicted molar refractivity (Wildman–Crippen MR) is 71.0 cm³/mol. The molecule has 116 valence electrons. The SMILES string of the molecule is COc1ccc(NC2OC(CO)C(O)C2O)c([N+](=O)[O-])c1. The van der Waals surface area contributed by atoms with Gasteiger partial charge in [-0.3, -0.25) is 10.1 Å². The summed E-state index contributed by atoms with van der Waals surface area (Å²) in [7, 11) is 1.39. The molecule has 0 bridgehead atoms. The monoisotopic (exact) mass is 300 g/mol. The summed E-state index contributed by atoms with van der Waals surface area (Å²) < 4.78 is 10.1. The number of aliphatic hydroxyl groups excluding tert-OH is 3. The largest absolute Gasteiger partial charge is 0.496 e. The highest BCUT2D eigenvalue weighted by molar-refractivity contribution is 5.64. The summed E-state index contributed by atoms with van der Waals surface area (Å²) in [4.78, 5) is 10.4. The van der Waals surface area contributed by atoms with Crippen molar-refractivity contribution in [3.63, 3.8) is 0 Å². The first-order chi connectivity index (χ1) is 9.97. The van der Waals surface area contributed by atoms with E-state index >= 15 is 0 Å². The molecule has 21 heavy (non-hydrogen) atoms. The van der Waals surface area contributed by atoms with Gasteiger partial charge < -0.3 is 30.1 Å². The Morgan fingerprint density at radius 2 is 2.14 bits per heavy atom. The van der Waals surface area contributed by atoms with E-state index in [9.17, 15) is 20.3 Å². The summed E-state index contributed by atoms with van der Waals surface area (Å²) in [6.07, 6.45) is -4.60. The molecule has 9 heteroatoms. The molecule has 2 rings (SSSR count). The first kappa shape index (κ1) is 15.4. The van der Waals surface area contributed by atoms with Gasteiger partial charge in [-0.1, -0.05) is 0 Å². The highest BCUT2D eigenvalue weighted by atomic mass is 16.6. The fraction of sp³-hybridized carbons (Fsp3) is 0.500. The van der Waals surface area contributed by atoms with E-state index in [0.29, 0.717) is 5.75 Å². The van der Waals surface area contributed by atoms with E-state index in [0.717, 1.165) is 0 Å². The molecule has 1 saturated heterocycles. The van der Waals surface area contributed by atoms with Crippen molar-refractivity contribution in [3.8, 4) is 5.75 Å². The quantitative estimate of drug-likeness (QED) is 0.420. The van der Waals surface area contributed by atoms with Gasteiger partial charge in [0.1, 0.15) is 29.7 Å². The molecule has 1 aliphatic heterocycles. The minimum absolute atomic E-state index is 0.107. The summed E-state index contributed by atoms with van der Waals surface area (Å²) >= 11 is 0. The van der Waals surface area contributed by atoms with E-state index in [2.05, 4.69) is 5.32 Å². The highest BCUT2D eigenvalue weighted by Gasteiger charge is 2.42. The van der Waals surface area contributed by atoms with Gasteiger partial charge >= 0.3 is 0 Å². The van der Waals surface area contributed by atoms with Gasteiger partial charge in [-0.15, -0.1) is 0 Å². The van der Waals surface area contributed by atoms with Crippen LogP contribution in [-0.2, 0) is 4.74 Å². The number of nitrogens with one attached hydrogen (secondary N) is 1. The number of hydrogen-bond donors (Lipinski definition) is 4. The number of nitro groups is 1. The van der Waals surface area contributed by atoms with Crippen LogP contribution >= 0.6 is 0 Å². The van der Waals surface area contributed by atoms with Gasteiger partial charge in [0, 0.05) is 0 Å². The van der Waals surface area contributed by atoms with Crippen LogP contribution < -0.4 is 10.1 Å². The van der Waals surface area contributed by atoms with Crippen LogP contribution in [0.4, 0.5) is 11.4 Å². The van der Waals surface area contributed by atoms with Crippen LogP contribution in [0.3, 0.4) is 0 Å². The number of aliphatic hydroxyl groups is 3. The molecular weight excluding hydrogens is 284 g/mol. The van der Waals surface area contributed by atoms with E-state index in [1.54, 1.807) is 0 Å². The zero-order valence-electron chi connectivity index (χ0n) is 11.2. The second kappa shape index (κ2) is 6.22. The first-order valence-corrected chi connectivity index (χ1v) is 6.19. The van der Waals surface area contributed by atoms with Crippen molar-refractivity contribution in [2.45, 2.75) is 24.5 Å². The molecule has 1 heterocycles. The Morgan fingerprint density at radius 1 is 1.43 bits per heavy atom. The number of hydrogen-bond acceptors (Lipinski definition) is 8. The Balaban J connectivity index is 2.22. The molecule has 4 N–H and O–H groups in total. The third-order valence-electron chi connectivity index (χ3n) is 3.24. The fourth-order valence-electron chi connectivity index (χ4n) is 2.08. The summed E-state index contributed by atoms with van der Waals surface area (Å²) in [5.74, 6) is 0.313. The third kappa shape index (κ3) is 3.05. The fourth-order valence-corrected chi connectivity index (χ4v) is 2.08. The van der Waals surface area contributed by atoms with Gasteiger partial charge in [-0.05, 0) is 12.1 Å². The molecule has 4 unspecified atom stereocenters. The molecule has 0 aliphatic carbocycles. The Hall–Kier alpha value is -1.94. The third-order valence-corrected chi connectivity index (χ3v) is 3.24. The second-order valence-corrected chi connectivity index (χ2v) is 4.54. The number of anilines is 1. The minimum atomic E-state index is -1.32. The van der Waals surface area contributed by atoms with E-state index in [1.165, 1.54) is 25.3 Å². The van der Waals surface area contributed by atoms with E-state index < -0.39 is 36.1 Å². The van der Waals surface area contributed by atoms with Gasteiger partial charge in [0.15, 0.2) is 6.23 Å². The standard InChI is InChI=1S/C12H16N2O7/c1-20-6-2-3-7(8(4-6)14(18)19)13-12-11(17)10(16)9(5-15)21-12/h2-4,9-13,15-17H,5H2,1H3. The van der Waals surface area contributed by atoms with E-state index in [-0.39, 0.29) is 11.4 Å². The number of nitro benzene ring substituents is 1. The van der Waals surface area contributed by atoms with Crippen LogP contribution in [0.2, 0.25) is 0 Å². The molecule has 1 aliphatic rings. The maximum absolute atomic E-state index is 11.0. The van der Waals surface area contributed by atoms with Crippen molar-refractivity contribution < 1.29 is 29.7 Å². The van der Waals surface area contributed by atoms with Crippen LogP contribution in [0.25, 0.3) is 0 Å². The summed E-state index contributed by atoms with van der Waals surface area (Å²) in [6.45, 7) is -0.471. The van der Waals surface area contributed by atoms with E-state index in [1.807, 2.05) is 0 Å². The normalized spacial score (nSPS) is 28.4. The van der Waals surface area contributed by atoms with Gasteiger partial charge in [-0.25, -0.2) is 0 Å². The van der Waals surface area contributed by atoms with Crippen molar-refractivity contribution >= 4 is 11.4 Å². The van der Waals surface area contributed by atoms with Crippen molar-refractivity contribution in [1.29, 1.82) is 0 Å². The Labute approximate surface area is 119 Å². The number of rotatable bonds is 5. The maximum atomic E-state index is 11.0. The lowest BCUT2D eigenvalue weighted by atomic mass is 10.1. The number of nitrogens with zero attached hydrogens (tertiary/aromatic N) is 1. The average Bonchev–Trinajstić information content (AvgIpc) is 2.75. The molecule has 0 amide bonds.